The molecule has 1 unspecified atom stereocenters. The summed E-state index contributed by atoms with van der Waals surface area (Å²) in [7, 11) is 1.52. The summed E-state index contributed by atoms with van der Waals surface area (Å²) in [5.74, 6) is 0.925. The summed E-state index contributed by atoms with van der Waals surface area (Å²) >= 11 is 1.64. The van der Waals surface area contributed by atoms with Crippen LogP contribution in [0.1, 0.15) is 29.6 Å². The molecule has 0 bridgehead atoms. The number of nitrogens with one attached hydrogen (secondary N) is 2. The largest absolute Gasteiger partial charge is 0.496 e. The minimum atomic E-state index is -0.588. The van der Waals surface area contributed by atoms with Crippen LogP contribution < -0.4 is 15.4 Å². The first kappa shape index (κ1) is 23.4. The van der Waals surface area contributed by atoms with E-state index in [2.05, 4.69) is 15.5 Å². The number of para-hydroxylation sites is 1. The molecule has 1 saturated carbocycles. The maximum atomic E-state index is 13.2. The Balaban J connectivity index is 1.55. The summed E-state index contributed by atoms with van der Waals surface area (Å²) in [5, 5.41) is 5.91. The Kier molecular flexibility index (Phi) is 8.60. The lowest BCUT2D eigenvalue weighted by molar-refractivity contribution is -0.135. The highest BCUT2D eigenvalue weighted by molar-refractivity contribution is 7.98. The number of hydrogen-bond donors (Lipinski definition) is 2. The number of ether oxygens (including phenoxy) is 1. The van der Waals surface area contributed by atoms with Gasteiger partial charge in [-0.2, -0.15) is 11.8 Å². The van der Waals surface area contributed by atoms with Gasteiger partial charge in [-0.15, -0.1) is 0 Å². The average molecular weight is 449 g/mol. The third-order valence-corrected chi connectivity index (χ3v) is 6.20. The molecule has 1 saturated heterocycles. The number of rotatable bonds is 10. The molecule has 0 aromatic heterocycles. The normalized spacial score (nSPS) is 17.7. The van der Waals surface area contributed by atoms with Gasteiger partial charge in [-0.3, -0.25) is 19.3 Å². The molecule has 1 aromatic rings. The zero-order valence-electron chi connectivity index (χ0n) is 18.3. The fourth-order valence-electron chi connectivity index (χ4n) is 3.61. The van der Waals surface area contributed by atoms with Crippen molar-refractivity contribution in [3.63, 3.8) is 0 Å². The van der Waals surface area contributed by atoms with Crippen LogP contribution in [0, 0.1) is 0 Å². The first-order chi connectivity index (χ1) is 15.0. The average Bonchev–Trinajstić information content (AvgIpc) is 3.60. The molecule has 0 radical (unpaired) electrons. The third kappa shape index (κ3) is 6.87. The standard InChI is InChI=1S/C22H32N4O4S/c1-30-19-6-4-3-5-17(19)21(28)24-18(9-14-31-2)22(29)26-12-10-25(11-13-26)15-20(27)23-16-7-8-16/h3-6,16,18H,7-15H2,1-2H3,(H,23,27)(H,24,28). The monoisotopic (exact) mass is 448 g/mol. The molecule has 0 spiro atoms. The second-order valence-electron chi connectivity index (χ2n) is 7.95. The maximum Gasteiger partial charge on any atom is 0.255 e. The minimum absolute atomic E-state index is 0.0594. The predicted octanol–water partition coefficient (Wildman–Crippen LogP) is 0.970. The number of amides is 3. The number of hydrogen-bond acceptors (Lipinski definition) is 6. The van der Waals surface area contributed by atoms with Gasteiger partial charge in [0.1, 0.15) is 11.8 Å². The number of carbonyl (C=O) groups excluding carboxylic acids is 3. The van der Waals surface area contributed by atoms with E-state index in [9.17, 15) is 14.4 Å². The molecule has 1 aliphatic carbocycles. The van der Waals surface area contributed by atoms with Gasteiger partial charge in [0.15, 0.2) is 0 Å². The number of piperazine rings is 1. The van der Waals surface area contributed by atoms with E-state index in [0.717, 1.165) is 18.6 Å². The van der Waals surface area contributed by atoms with E-state index in [1.54, 1.807) is 40.9 Å². The van der Waals surface area contributed by atoms with Gasteiger partial charge in [0.2, 0.25) is 11.8 Å². The van der Waals surface area contributed by atoms with Crippen LogP contribution >= 0.6 is 11.8 Å². The van der Waals surface area contributed by atoms with Crippen molar-refractivity contribution in [2.75, 3.05) is 51.8 Å². The fraction of sp³-hybridized carbons (Fsp3) is 0.591. The SMILES string of the molecule is COc1ccccc1C(=O)NC(CCSC)C(=O)N1CCN(CC(=O)NC2CC2)CC1. The van der Waals surface area contributed by atoms with Crippen LogP contribution in [0.4, 0.5) is 0 Å². The molecule has 8 nitrogen and oxygen atoms in total. The second-order valence-corrected chi connectivity index (χ2v) is 8.94. The molecular formula is C22H32N4O4S. The van der Waals surface area contributed by atoms with Crippen LogP contribution in [0.2, 0.25) is 0 Å². The van der Waals surface area contributed by atoms with Crippen LogP contribution in [0.5, 0.6) is 5.75 Å². The fourth-order valence-corrected chi connectivity index (χ4v) is 4.08. The summed E-state index contributed by atoms with van der Waals surface area (Å²) in [6.45, 7) is 2.78. The summed E-state index contributed by atoms with van der Waals surface area (Å²) in [6.07, 6.45) is 4.69. The predicted molar refractivity (Wildman–Crippen MR) is 121 cm³/mol. The Morgan fingerprint density at radius 3 is 2.52 bits per heavy atom. The number of benzene rings is 1. The molecule has 1 aromatic carbocycles. The van der Waals surface area contributed by atoms with Crippen molar-refractivity contribution in [3.8, 4) is 5.75 Å². The number of thioether (sulfide) groups is 1. The molecule has 9 heteroatoms. The van der Waals surface area contributed by atoms with Crippen molar-refractivity contribution in [2.24, 2.45) is 0 Å². The maximum absolute atomic E-state index is 13.2. The third-order valence-electron chi connectivity index (χ3n) is 5.56. The van der Waals surface area contributed by atoms with Crippen LogP contribution in [0.25, 0.3) is 0 Å². The summed E-state index contributed by atoms with van der Waals surface area (Å²) in [4.78, 5) is 41.9. The van der Waals surface area contributed by atoms with Gasteiger partial charge in [0.25, 0.3) is 5.91 Å². The molecule has 1 heterocycles. The van der Waals surface area contributed by atoms with E-state index in [0.29, 0.717) is 56.5 Å². The molecule has 3 amide bonds. The lowest BCUT2D eigenvalue weighted by atomic mass is 10.1. The highest BCUT2D eigenvalue weighted by Gasteiger charge is 2.30. The van der Waals surface area contributed by atoms with Crippen LogP contribution in [0.3, 0.4) is 0 Å². The molecule has 2 fully saturated rings. The van der Waals surface area contributed by atoms with Crippen molar-refractivity contribution < 1.29 is 19.1 Å². The molecule has 2 aliphatic rings. The van der Waals surface area contributed by atoms with Crippen molar-refractivity contribution in [3.05, 3.63) is 29.8 Å². The highest BCUT2D eigenvalue weighted by atomic mass is 32.2. The zero-order chi connectivity index (χ0) is 22.2. The van der Waals surface area contributed by atoms with Crippen LogP contribution in [-0.4, -0.2) is 91.4 Å². The van der Waals surface area contributed by atoms with E-state index in [1.165, 1.54) is 7.11 Å². The van der Waals surface area contributed by atoms with E-state index in [-0.39, 0.29) is 17.7 Å². The highest BCUT2D eigenvalue weighted by Crippen LogP contribution is 2.19. The lowest BCUT2D eigenvalue weighted by Crippen LogP contribution is -2.56. The molecule has 170 valence electrons. The van der Waals surface area contributed by atoms with Crippen LogP contribution in [0.15, 0.2) is 24.3 Å². The van der Waals surface area contributed by atoms with E-state index in [4.69, 9.17) is 4.74 Å². The topological polar surface area (TPSA) is 91.0 Å². The van der Waals surface area contributed by atoms with Gasteiger partial charge in [-0.1, -0.05) is 12.1 Å². The summed E-state index contributed by atoms with van der Waals surface area (Å²) in [6, 6.07) is 6.77. The molecule has 1 atom stereocenters. The molecular weight excluding hydrogens is 416 g/mol. The molecule has 2 N–H and O–H groups in total. The molecule has 3 rings (SSSR count). The van der Waals surface area contributed by atoms with Crippen LogP contribution in [-0.2, 0) is 9.59 Å². The first-order valence-corrected chi connectivity index (χ1v) is 12.1. The zero-order valence-corrected chi connectivity index (χ0v) is 19.1. The number of carbonyl (C=O) groups is 3. The Hall–Kier alpha value is -2.26. The van der Waals surface area contributed by atoms with Gasteiger partial charge in [-0.25, -0.2) is 0 Å². The van der Waals surface area contributed by atoms with Gasteiger partial charge >= 0.3 is 0 Å². The lowest BCUT2D eigenvalue weighted by Gasteiger charge is -2.36. The summed E-state index contributed by atoms with van der Waals surface area (Å²) < 4.78 is 5.28. The van der Waals surface area contributed by atoms with Crippen molar-refractivity contribution in [1.29, 1.82) is 0 Å². The van der Waals surface area contributed by atoms with Gasteiger partial charge in [0, 0.05) is 32.2 Å². The minimum Gasteiger partial charge on any atom is -0.496 e. The Morgan fingerprint density at radius 2 is 1.87 bits per heavy atom. The quantitative estimate of drug-likeness (QED) is 0.554. The van der Waals surface area contributed by atoms with Crippen molar-refractivity contribution in [1.82, 2.24) is 20.4 Å². The van der Waals surface area contributed by atoms with Gasteiger partial charge in [0.05, 0.1) is 19.2 Å². The van der Waals surface area contributed by atoms with Crippen molar-refractivity contribution in [2.45, 2.75) is 31.3 Å². The number of nitrogens with zero attached hydrogens (tertiary/aromatic N) is 2. The van der Waals surface area contributed by atoms with E-state index in [1.807, 2.05) is 6.26 Å². The second kappa shape index (κ2) is 11.4. The van der Waals surface area contributed by atoms with E-state index >= 15 is 0 Å². The van der Waals surface area contributed by atoms with Crippen molar-refractivity contribution >= 4 is 29.5 Å². The Labute approximate surface area is 188 Å². The van der Waals surface area contributed by atoms with Gasteiger partial charge < -0.3 is 20.3 Å². The number of methoxy groups -OCH3 is 1. The summed E-state index contributed by atoms with van der Waals surface area (Å²) in [5.41, 5.74) is 0.415. The molecule has 31 heavy (non-hydrogen) atoms. The van der Waals surface area contributed by atoms with E-state index < -0.39 is 6.04 Å². The Morgan fingerprint density at radius 1 is 1.16 bits per heavy atom. The Bertz CT molecular complexity index is 779. The first-order valence-electron chi connectivity index (χ1n) is 10.7. The van der Waals surface area contributed by atoms with Gasteiger partial charge in [-0.05, 0) is 43.4 Å². The smallest absolute Gasteiger partial charge is 0.255 e. The molecule has 1 aliphatic heterocycles.